The Hall–Kier alpha value is -2.12. The number of hydrogen-bond donors (Lipinski definition) is 0. The molecule has 2 saturated heterocycles. The van der Waals surface area contributed by atoms with E-state index in [2.05, 4.69) is 9.88 Å². The van der Waals surface area contributed by atoms with Crippen molar-refractivity contribution in [3.05, 3.63) is 46.6 Å². The molecule has 0 bridgehead atoms. The molecule has 0 unspecified atom stereocenters. The molecular formula is C19H21ClN4O2S. The predicted molar refractivity (Wildman–Crippen MR) is 106 cm³/mol. The molecule has 27 heavy (non-hydrogen) atoms. The molecule has 8 heteroatoms. The van der Waals surface area contributed by atoms with Crippen LogP contribution in [0.3, 0.4) is 0 Å². The molecule has 6 nitrogen and oxygen atoms in total. The number of aromatic nitrogens is 1. The molecule has 2 aliphatic rings. The summed E-state index contributed by atoms with van der Waals surface area (Å²) < 4.78 is 0. The van der Waals surface area contributed by atoms with E-state index in [9.17, 15) is 9.59 Å². The Morgan fingerprint density at radius 2 is 1.93 bits per heavy atom. The van der Waals surface area contributed by atoms with Gasteiger partial charge in [0.15, 0.2) is 5.54 Å². The Bertz CT molecular complexity index is 847. The first-order chi connectivity index (χ1) is 12.9. The van der Waals surface area contributed by atoms with Crippen LogP contribution in [-0.2, 0) is 16.1 Å². The van der Waals surface area contributed by atoms with Crippen molar-refractivity contribution in [3.63, 3.8) is 0 Å². The Morgan fingerprint density at radius 3 is 2.52 bits per heavy atom. The zero-order valence-corrected chi connectivity index (χ0v) is 16.8. The number of nitrogens with zero attached hydrogens (tertiary/aromatic N) is 4. The Morgan fingerprint density at radius 1 is 1.22 bits per heavy atom. The van der Waals surface area contributed by atoms with Crippen LogP contribution in [0.4, 0.5) is 5.00 Å². The molecule has 1 aromatic heterocycles. The molecule has 0 radical (unpaired) electrons. The fraction of sp³-hybridized carbons (Fsp3) is 0.421. The van der Waals surface area contributed by atoms with Gasteiger partial charge in [0.1, 0.15) is 11.5 Å². The Kier molecular flexibility index (Phi) is 4.60. The highest BCUT2D eigenvalue weighted by atomic mass is 35.5. The van der Waals surface area contributed by atoms with Crippen molar-refractivity contribution in [1.82, 2.24) is 14.8 Å². The summed E-state index contributed by atoms with van der Waals surface area (Å²) in [4.78, 5) is 36.1. The van der Waals surface area contributed by atoms with Crippen molar-refractivity contribution >= 4 is 39.8 Å². The van der Waals surface area contributed by atoms with E-state index < -0.39 is 5.54 Å². The number of halogens is 1. The smallest absolute Gasteiger partial charge is 0.252 e. The maximum absolute atomic E-state index is 13.4. The highest BCUT2D eigenvalue weighted by molar-refractivity contribution is 7.13. The number of piperazine rings is 1. The van der Waals surface area contributed by atoms with Gasteiger partial charge in [0.05, 0.1) is 24.8 Å². The van der Waals surface area contributed by atoms with E-state index in [1.807, 2.05) is 38.1 Å². The summed E-state index contributed by atoms with van der Waals surface area (Å²) in [7, 11) is 0. The van der Waals surface area contributed by atoms with E-state index in [1.54, 1.807) is 32.8 Å². The lowest BCUT2D eigenvalue weighted by Crippen LogP contribution is -2.81. The SMILES string of the molecule is CC(C)N1CC(=O)N(Cc2ccc(Cl)cc2)C2(CN(c3cncs3)C2)C1=O. The molecule has 1 aromatic carbocycles. The highest BCUT2D eigenvalue weighted by Crippen LogP contribution is 2.39. The van der Waals surface area contributed by atoms with E-state index >= 15 is 0 Å². The van der Waals surface area contributed by atoms with Gasteiger partial charge in [-0.3, -0.25) is 14.6 Å². The van der Waals surface area contributed by atoms with Gasteiger partial charge in [0, 0.05) is 17.6 Å². The third-order valence-corrected chi connectivity index (χ3v) is 6.38. The van der Waals surface area contributed by atoms with E-state index in [1.165, 1.54) is 0 Å². The van der Waals surface area contributed by atoms with Crippen LogP contribution < -0.4 is 4.90 Å². The molecule has 142 valence electrons. The number of hydrogen-bond acceptors (Lipinski definition) is 5. The zero-order valence-electron chi connectivity index (χ0n) is 15.3. The molecule has 2 aromatic rings. The maximum Gasteiger partial charge on any atom is 0.252 e. The van der Waals surface area contributed by atoms with Gasteiger partial charge in [-0.2, -0.15) is 0 Å². The van der Waals surface area contributed by atoms with Gasteiger partial charge < -0.3 is 14.7 Å². The molecule has 2 fully saturated rings. The van der Waals surface area contributed by atoms with Gasteiger partial charge in [-0.15, -0.1) is 11.3 Å². The number of amides is 2. The summed E-state index contributed by atoms with van der Waals surface area (Å²) in [5.41, 5.74) is 1.93. The number of anilines is 1. The van der Waals surface area contributed by atoms with Crippen molar-refractivity contribution in [3.8, 4) is 0 Å². The van der Waals surface area contributed by atoms with E-state index in [0.29, 0.717) is 24.7 Å². The minimum Gasteiger partial charge on any atom is -0.356 e. The summed E-state index contributed by atoms with van der Waals surface area (Å²) in [5, 5.41) is 1.68. The summed E-state index contributed by atoms with van der Waals surface area (Å²) in [6, 6.07) is 7.42. The minimum absolute atomic E-state index is 0.00605. The van der Waals surface area contributed by atoms with Gasteiger partial charge >= 0.3 is 0 Å². The molecule has 0 aliphatic carbocycles. The van der Waals surface area contributed by atoms with Crippen molar-refractivity contribution in [1.29, 1.82) is 0 Å². The third-order valence-electron chi connectivity index (χ3n) is 5.30. The average Bonchev–Trinajstić information content (AvgIpc) is 3.12. The summed E-state index contributed by atoms with van der Waals surface area (Å²) >= 11 is 7.52. The first kappa shape index (κ1) is 18.3. The highest BCUT2D eigenvalue weighted by Gasteiger charge is 2.60. The van der Waals surface area contributed by atoms with Crippen LogP contribution in [-0.4, -0.2) is 57.8 Å². The molecule has 4 rings (SSSR count). The second-order valence-corrected chi connectivity index (χ2v) is 8.66. The fourth-order valence-electron chi connectivity index (χ4n) is 3.77. The van der Waals surface area contributed by atoms with Gasteiger partial charge in [-0.1, -0.05) is 23.7 Å². The molecule has 2 amide bonds. The normalized spacial score (nSPS) is 19.2. The molecule has 2 aliphatic heterocycles. The van der Waals surface area contributed by atoms with E-state index in [-0.39, 0.29) is 24.4 Å². The Labute approximate surface area is 167 Å². The molecule has 3 heterocycles. The van der Waals surface area contributed by atoms with Gasteiger partial charge in [0.2, 0.25) is 5.91 Å². The van der Waals surface area contributed by atoms with Crippen molar-refractivity contribution in [2.75, 3.05) is 24.5 Å². The van der Waals surface area contributed by atoms with Gasteiger partial charge in [-0.25, -0.2) is 0 Å². The van der Waals surface area contributed by atoms with Gasteiger partial charge in [-0.05, 0) is 31.5 Å². The summed E-state index contributed by atoms with van der Waals surface area (Å²) in [5.74, 6) is 0.0223. The minimum atomic E-state index is -0.816. The number of benzene rings is 1. The molecule has 1 spiro atoms. The van der Waals surface area contributed by atoms with Gasteiger partial charge in [0.25, 0.3) is 5.91 Å². The van der Waals surface area contributed by atoms with Crippen LogP contribution >= 0.6 is 22.9 Å². The third kappa shape index (κ3) is 3.08. The van der Waals surface area contributed by atoms with E-state index in [0.717, 1.165) is 10.6 Å². The predicted octanol–water partition coefficient (Wildman–Crippen LogP) is 2.63. The Balaban J connectivity index is 1.64. The average molecular weight is 405 g/mol. The summed E-state index contributed by atoms with van der Waals surface area (Å²) in [6.07, 6.45) is 1.80. The maximum atomic E-state index is 13.4. The second kappa shape index (κ2) is 6.80. The quantitative estimate of drug-likeness (QED) is 0.786. The van der Waals surface area contributed by atoms with Crippen LogP contribution in [0.1, 0.15) is 19.4 Å². The largest absolute Gasteiger partial charge is 0.356 e. The molecule has 0 saturated carbocycles. The standard InChI is InChI=1S/C19H21ClN4O2S/c1-13(2)23-9-16(25)24(8-14-3-5-15(20)6-4-14)19(18(23)26)10-22(11-19)17-7-21-12-27-17/h3-7,12-13H,8-11H2,1-2H3. The second-order valence-electron chi connectivity index (χ2n) is 7.36. The molecule has 0 N–H and O–H groups in total. The van der Waals surface area contributed by atoms with Crippen LogP contribution in [0.25, 0.3) is 0 Å². The molecular weight excluding hydrogens is 384 g/mol. The number of carbonyl (C=O) groups excluding carboxylic acids is 2. The summed E-state index contributed by atoms with van der Waals surface area (Å²) in [6.45, 7) is 5.43. The number of rotatable bonds is 4. The van der Waals surface area contributed by atoms with Crippen molar-refractivity contribution in [2.24, 2.45) is 0 Å². The van der Waals surface area contributed by atoms with Crippen LogP contribution in [0.15, 0.2) is 36.0 Å². The van der Waals surface area contributed by atoms with Crippen LogP contribution in [0, 0.1) is 0 Å². The van der Waals surface area contributed by atoms with Crippen LogP contribution in [0.5, 0.6) is 0 Å². The van der Waals surface area contributed by atoms with Crippen LogP contribution in [0.2, 0.25) is 5.02 Å². The molecule has 0 atom stereocenters. The lowest BCUT2D eigenvalue weighted by Gasteiger charge is -2.58. The number of carbonyl (C=O) groups is 2. The van der Waals surface area contributed by atoms with E-state index in [4.69, 9.17) is 11.6 Å². The first-order valence-electron chi connectivity index (χ1n) is 8.90. The first-order valence-corrected chi connectivity index (χ1v) is 10.2. The lowest BCUT2D eigenvalue weighted by atomic mass is 9.83. The fourth-order valence-corrected chi connectivity index (χ4v) is 4.52. The number of thiazole rings is 1. The van der Waals surface area contributed by atoms with Crippen molar-refractivity contribution in [2.45, 2.75) is 32.0 Å². The topological polar surface area (TPSA) is 56.8 Å². The lowest BCUT2D eigenvalue weighted by molar-refractivity contribution is -0.170. The zero-order chi connectivity index (χ0) is 19.2. The monoisotopic (exact) mass is 404 g/mol. The van der Waals surface area contributed by atoms with Crippen molar-refractivity contribution < 1.29 is 9.59 Å².